The van der Waals surface area contributed by atoms with Crippen molar-refractivity contribution in [3.8, 4) is 5.69 Å². The summed E-state index contributed by atoms with van der Waals surface area (Å²) in [5.41, 5.74) is 1.63. The minimum atomic E-state index is -0.251. The molecule has 29 heavy (non-hydrogen) atoms. The molecule has 4 rings (SSSR count). The lowest BCUT2D eigenvalue weighted by Crippen LogP contribution is -2.31. The third-order valence-corrected chi connectivity index (χ3v) is 5.22. The molecule has 0 fully saturated rings. The smallest absolute Gasteiger partial charge is 0.279 e. The number of halogens is 1. The summed E-state index contributed by atoms with van der Waals surface area (Å²) in [5, 5.41) is 5.47. The fraction of sp³-hybridized carbons (Fsp3) is 0.0870. The number of benzene rings is 3. The minimum Gasteiger partial charge on any atom is -0.336 e. The topological polar surface area (TPSA) is 55.2 Å². The molecule has 3 aromatic carbocycles. The lowest BCUT2D eigenvalue weighted by Gasteiger charge is -2.18. The van der Waals surface area contributed by atoms with E-state index in [4.69, 9.17) is 0 Å². The Bertz CT molecular complexity index is 1230. The quantitative estimate of drug-likeness (QED) is 0.465. The number of fused-ring (bicyclic) bond motifs is 1. The van der Waals surface area contributed by atoms with Gasteiger partial charge in [-0.15, -0.1) is 0 Å². The number of para-hydroxylation sites is 1. The second-order valence-electron chi connectivity index (χ2n) is 6.73. The Morgan fingerprint density at radius 2 is 1.55 bits per heavy atom. The molecule has 5 nitrogen and oxygen atoms in total. The molecule has 144 valence electrons. The Hall–Kier alpha value is -3.25. The zero-order chi connectivity index (χ0) is 20.4. The van der Waals surface area contributed by atoms with Crippen LogP contribution in [0.5, 0.6) is 0 Å². The van der Waals surface area contributed by atoms with Gasteiger partial charge in [0.15, 0.2) is 5.69 Å². The molecule has 0 aliphatic carbocycles. The number of hydrogen-bond donors (Lipinski definition) is 0. The van der Waals surface area contributed by atoms with Crippen molar-refractivity contribution >= 4 is 32.6 Å². The van der Waals surface area contributed by atoms with E-state index < -0.39 is 0 Å². The van der Waals surface area contributed by atoms with Gasteiger partial charge in [-0.25, -0.2) is 0 Å². The van der Waals surface area contributed by atoms with Crippen LogP contribution >= 0.6 is 15.9 Å². The Kier molecular flexibility index (Phi) is 5.27. The first-order valence-electron chi connectivity index (χ1n) is 9.12. The second kappa shape index (κ2) is 8.01. The summed E-state index contributed by atoms with van der Waals surface area (Å²) >= 11 is 3.42. The average Bonchev–Trinajstić information content (AvgIpc) is 2.76. The molecular formula is C23H18BrN3O2. The highest BCUT2D eigenvalue weighted by molar-refractivity contribution is 9.10. The van der Waals surface area contributed by atoms with Crippen LogP contribution in [0.2, 0.25) is 0 Å². The summed E-state index contributed by atoms with van der Waals surface area (Å²) in [6, 6.07) is 24.0. The predicted molar refractivity (Wildman–Crippen MR) is 117 cm³/mol. The van der Waals surface area contributed by atoms with E-state index in [0.717, 1.165) is 10.0 Å². The number of nitrogens with zero attached hydrogens (tertiary/aromatic N) is 3. The molecule has 1 amide bonds. The van der Waals surface area contributed by atoms with Gasteiger partial charge in [0, 0.05) is 23.5 Å². The van der Waals surface area contributed by atoms with Crippen molar-refractivity contribution in [1.82, 2.24) is 14.7 Å². The molecule has 0 saturated carbocycles. The standard InChI is InChI=1S/C23H18BrN3O2/c1-26(15-16-11-13-17(24)14-12-16)23(29)21-19-9-5-6-10-20(19)22(28)27(25-21)18-7-3-2-4-8-18/h2-14H,15H2,1H3. The molecule has 0 aliphatic rings. The largest absolute Gasteiger partial charge is 0.336 e. The summed E-state index contributed by atoms with van der Waals surface area (Å²) in [7, 11) is 1.73. The van der Waals surface area contributed by atoms with Gasteiger partial charge in [-0.05, 0) is 35.9 Å². The van der Waals surface area contributed by atoms with E-state index in [1.165, 1.54) is 4.68 Å². The number of rotatable bonds is 4. The maximum Gasteiger partial charge on any atom is 0.279 e. The Morgan fingerprint density at radius 3 is 2.24 bits per heavy atom. The molecular weight excluding hydrogens is 430 g/mol. The normalized spacial score (nSPS) is 10.8. The van der Waals surface area contributed by atoms with Gasteiger partial charge in [0.2, 0.25) is 0 Å². The average molecular weight is 448 g/mol. The number of aromatic nitrogens is 2. The molecule has 4 aromatic rings. The van der Waals surface area contributed by atoms with E-state index in [9.17, 15) is 9.59 Å². The molecule has 0 unspecified atom stereocenters. The highest BCUT2D eigenvalue weighted by Gasteiger charge is 2.20. The van der Waals surface area contributed by atoms with Gasteiger partial charge < -0.3 is 4.90 Å². The molecule has 1 heterocycles. The first-order valence-corrected chi connectivity index (χ1v) is 9.91. The van der Waals surface area contributed by atoms with E-state index in [-0.39, 0.29) is 17.2 Å². The summed E-state index contributed by atoms with van der Waals surface area (Å²) in [6.45, 7) is 0.437. The van der Waals surface area contributed by atoms with Gasteiger partial charge in [-0.2, -0.15) is 9.78 Å². The monoisotopic (exact) mass is 447 g/mol. The Morgan fingerprint density at radius 1 is 0.931 bits per heavy atom. The highest BCUT2D eigenvalue weighted by atomic mass is 79.9. The van der Waals surface area contributed by atoms with Crippen molar-refractivity contribution in [3.05, 3.63) is 105 Å². The highest BCUT2D eigenvalue weighted by Crippen LogP contribution is 2.18. The molecule has 0 radical (unpaired) electrons. The van der Waals surface area contributed by atoms with Gasteiger partial charge in [-0.1, -0.05) is 64.5 Å². The van der Waals surface area contributed by atoms with Crippen molar-refractivity contribution in [3.63, 3.8) is 0 Å². The fourth-order valence-corrected chi connectivity index (χ4v) is 3.47. The lowest BCUT2D eigenvalue weighted by molar-refractivity contribution is 0.0779. The van der Waals surface area contributed by atoms with E-state index in [1.807, 2.05) is 48.5 Å². The van der Waals surface area contributed by atoms with Crippen LogP contribution in [0, 0.1) is 0 Å². The third kappa shape index (κ3) is 3.84. The van der Waals surface area contributed by atoms with Gasteiger partial charge in [0.25, 0.3) is 11.5 Å². The number of amides is 1. The van der Waals surface area contributed by atoms with E-state index in [1.54, 1.807) is 42.3 Å². The Labute approximate surface area is 176 Å². The van der Waals surface area contributed by atoms with Gasteiger partial charge in [0.1, 0.15) is 0 Å². The lowest BCUT2D eigenvalue weighted by atomic mass is 10.1. The number of carbonyl (C=O) groups is 1. The first kappa shape index (κ1) is 19.1. The summed E-state index contributed by atoms with van der Waals surface area (Å²) < 4.78 is 2.28. The van der Waals surface area contributed by atoms with Crippen molar-refractivity contribution in [2.45, 2.75) is 6.54 Å². The van der Waals surface area contributed by atoms with Crippen molar-refractivity contribution < 1.29 is 4.79 Å². The molecule has 0 aliphatic heterocycles. The Balaban J connectivity index is 1.79. The van der Waals surface area contributed by atoms with Crippen LogP contribution in [-0.4, -0.2) is 27.6 Å². The van der Waals surface area contributed by atoms with Crippen LogP contribution in [0.25, 0.3) is 16.5 Å². The molecule has 0 atom stereocenters. The van der Waals surface area contributed by atoms with E-state index >= 15 is 0 Å². The van der Waals surface area contributed by atoms with Crippen LogP contribution in [0.4, 0.5) is 0 Å². The van der Waals surface area contributed by atoms with Crippen LogP contribution in [0.1, 0.15) is 16.1 Å². The molecule has 0 spiro atoms. The van der Waals surface area contributed by atoms with Crippen molar-refractivity contribution in [1.29, 1.82) is 0 Å². The van der Waals surface area contributed by atoms with Crippen LogP contribution in [-0.2, 0) is 6.54 Å². The van der Waals surface area contributed by atoms with E-state index in [2.05, 4.69) is 21.0 Å². The molecule has 0 bridgehead atoms. The zero-order valence-electron chi connectivity index (χ0n) is 15.7. The van der Waals surface area contributed by atoms with Crippen LogP contribution < -0.4 is 5.56 Å². The fourth-order valence-electron chi connectivity index (χ4n) is 3.21. The van der Waals surface area contributed by atoms with Crippen LogP contribution in [0.15, 0.2) is 88.1 Å². The summed E-state index contributed by atoms with van der Waals surface area (Å²) in [6.07, 6.45) is 0. The number of carbonyl (C=O) groups excluding carboxylic acids is 1. The molecule has 6 heteroatoms. The first-order chi connectivity index (χ1) is 14.0. The number of hydrogen-bond acceptors (Lipinski definition) is 3. The van der Waals surface area contributed by atoms with Crippen molar-refractivity contribution in [2.24, 2.45) is 0 Å². The maximum absolute atomic E-state index is 13.3. The summed E-state index contributed by atoms with van der Waals surface area (Å²) in [5.74, 6) is -0.242. The summed E-state index contributed by atoms with van der Waals surface area (Å²) in [4.78, 5) is 27.8. The van der Waals surface area contributed by atoms with Gasteiger partial charge >= 0.3 is 0 Å². The van der Waals surface area contributed by atoms with Gasteiger partial charge in [0.05, 0.1) is 11.1 Å². The molecule has 1 aromatic heterocycles. The van der Waals surface area contributed by atoms with E-state index in [0.29, 0.717) is 23.0 Å². The van der Waals surface area contributed by atoms with Crippen molar-refractivity contribution in [2.75, 3.05) is 7.05 Å². The predicted octanol–water partition coefficient (Wildman–Crippen LogP) is 4.42. The van der Waals surface area contributed by atoms with Gasteiger partial charge in [-0.3, -0.25) is 9.59 Å². The minimum absolute atomic E-state index is 0.242. The van der Waals surface area contributed by atoms with Crippen LogP contribution in [0.3, 0.4) is 0 Å². The third-order valence-electron chi connectivity index (χ3n) is 4.69. The SMILES string of the molecule is CN(Cc1ccc(Br)cc1)C(=O)c1nn(-c2ccccc2)c(=O)c2ccccc12. The molecule has 0 N–H and O–H groups in total. The zero-order valence-corrected chi connectivity index (χ0v) is 17.3. The maximum atomic E-state index is 13.3. The second-order valence-corrected chi connectivity index (χ2v) is 7.65. The molecule has 0 saturated heterocycles.